The van der Waals surface area contributed by atoms with E-state index in [1.54, 1.807) is 0 Å². The first-order chi connectivity index (χ1) is 8.70. The zero-order chi connectivity index (χ0) is 12.7. The number of halogens is 2. The maximum atomic E-state index is 6.22. The van der Waals surface area contributed by atoms with Crippen LogP contribution in [-0.2, 0) is 5.88 Å². The Bertz CT molecular complexity index is 576. The third-order valence-corrected chi connectivity index (χ3v) is 4.44. The van der Waals surface area contributed by atoms with Gasteiger partial charge in [0.15, 0.2) is 0 Å². The molecule has 18 heavy (non-hydrogen) atoms. The lowest BCUT2D eigenvalue weighted by molar-refractivity contribution is 0.494. The van der Waals surface area contributed by atoms with Crippen molar-refractivity contribution in [2.45, 2.75) is 38.1 Å². The molecule has 2 nitrogen and oxygen atoms in total. The highest BCUT2D eigenvalue weighted by atomic mass is 35.5. The first kappa shape index (κ1) is 12.3. The monoisotopic (exact) mass is 282 g/mol. The summed E-state index contributed by atoms with van der Waals surface area (Å²) in [5.41, 5.74) is 2.01. The SMILES string of the molecule is CC1CCC(n2c(CCl)nc3c(Cl)cccc32)C1. The maximum Gasteiger partial charge on any atom is 0.125 e. The van der Waals surface area contributed by atoms with Gasteiger partial charge in [0, 0.05) is 6.04 Å². The van der Waals surface area contributed by atoms with Gasteiger partial charge in [0.1, 0.15) is 11.3 Å². The smallest absolute Gasteiger partial charge is 0.125 e. The third-order valence-electron chi connectivity index (χ3n) is 3.90. The Kier molecular flexibility index (Phi) is 3.25. The molecule has 2 aromatic rings. The van der Waals surface area contributed by atoms with Crippen LogP contribution < -0.4 is 0 Å². The van der Waals surface area contributed by atoms with E-state index in [-0.39, 0.29) is 0 Å². The summed E-state index contributed by atoms with van der Waals surface area (Å²) in [6.45, 7) is 2.31. The minimum atomic E-state index is 0.440. The average molecular weight is 283 g/mol. The lowest BCUT2D eigenvalue weighted by atomic mass is 10.1. The number of hydrogen-bond acceptors (Lipinski definition) is 1. The van der Waals surface area contributed by atoms with Crippen molar-refractivity contribution >= 4 is 34.2 Å². The standard InChI is InChI=1S/C14H16Cl2N2/c1-9-5-6-10(7-9)18-12-4-2-3-11(16)14(12)17-13(18)8-15/h2-4,9-10H,5-8H2,1H3. The number of imidazole rings is 1. The summed E-state index contributed by atoms with van der Waals surface area (Å²) in [4.78, 5) is 4.60. The summed E-state index contributed by atoms with van der Waals surface area (Å²) in [5.74, 6) is 2.17. The molecule has 1 aliphatic rings. The fourth-order valence-corrected chi connectivity index (χ4v) is 3.44. The Morgan fingerprint density at radius 2 is 2.22 bits per heavy atom. The van der Waals surface area contributed by atoms with E-state index in [9.17, 15) is 0 Å². The second kappa shape index (κ2) is 4.75. The minimum absolute atomic E-state index is 0.440. The van der Waals surface area contributed by atoms with Gasteiger partial charge < -0.3 is 4.57 Å². The highest BCUT2D eigenvalue weighted by molar-refractivity contribution is 6.35. The number of nitrogens with zero attached hydrogens (tertiary/aromatic N) is 2. The molecule has 1 aromatic heterocycles. The van der Waals surface area contributed by atoms with Crippen molar-refractivity contribution < 1.29 is 0 Å². The summed E-state index contributed by atoms with van der Waals surface area (Å²) in [6, 6.07) is 6.49. The van der Waals surface area contributed by atoms with Crippen LogP contribution in [0.25, 0.3) is 11.0 Å². The lowest BCUT2D eigenvalue weighted by Gasteiger charge is -2.15. The van der Waals surface area contributed by atoms with Crippen LogP contribution in [0.3, 0.4) is 0 Å². The molecule has 0 bridgehead atoms. The van der Waals surface area contributed by atoms with E-state index in [0.29, 0.717) is 16.9 Å². The van der Waals surface area contributed by atoms with E-state index in [1.165, 1.54) is 19.3 Å². The van der Waals surface area contributed by atoms with Gasteiger partial charge in [-0.25, -0.2) is 4.98 Å². The summed E-state index contributed by atoms with van der Waals surface area (Å²) in [6.07, 6.45) is 3.71. The summed E-state index contributed by atoms with van der Waals surface area (Å²) < 4.78 is 2.30. The molecule has 1 aromatic carbocycles. The van der Waals surface area contributed by atoms with Crippen LogP contribution in [0.15, 0.2) is 18.2 Å². The molecule has 0 N–H and O–H groups in total. The molecule has 2 atom stereocenters. The zero-order valence-electron chi connectivity index (χ0n) is 10.4. The highest BCUT2D eigenvalue weighted by Gasteiger charge is 2.26. The number of fused-ring (bicyclic) bond motifs is 1. The lowest BCUT2D eigenvalue weighted by Crippen LogP contribution is -2.08. The van der Waals surface area contributed by atoms with Crippen molar-refractivity contribution in [3.8, 4) is 0 Å². The van der Waals surface area contributed by atoms with Gasteiger partial charge in [-0.1, -0.05) is 24.6 Å². The van der Waals surface area contributed by atoms with Crippen molar-refractivity contribution in [2.75, 3.05) is 0 Å². The Morgan fingerprint density at radius 1 is 1.39 bits per heavy atom. The van der Waals surface area contributed by atoms with Crippen molar-refractivity contribution in [1.29, 1.82) is 0 Å². The van der Waals surface area contributed by atoms with Gasteiger partial charge in [-0.15, -0.1) is 11.6 Å². The van der Waals surface area contributed by atoms with E-state index in [4.69, 9.17) is 23.2 Å². The van der Waals surface area contributed by atoms with E-state index in [0.717, 1.165) is 22.8 Å². The second-order valence-corrected chi connectivity index (χ2v) is 5.89. The van der Waals surface area contributed by atoms with Crippen molar-refractivity contribution in [2.24, 2.45) is 5.92 Å². The van der Waals surface area contributed by atoms with Crippen molar-refractivity contribution in [3.63, 3.8) is 0 Å². The largest absolute Gasteiger partial charge is 0.324 e. The molecule has 4 heteroatoms. The van der Waals surface area contributed by atoms with Gasteiger partial charge in [-0.2, -0.15) is 0 Å². The van der Waals surface area contributed by atoms with Gasteiger partial charge in [0.2, 0.25) is 0 Å². The van der Waals surface area contributed by atoms with E-state index >= 15 is 0 Å². The van der Waals surface area contributed by atoms with Gasteiger partial charge in [-0.05, 0) is 37.3 Å². The van der Waals surface area contributed by atoms with Crippen LogP contribution in [0, 0.1) is 5.92 Å². The molecule has 0 saturated heterocycles. The molecule has 0 aliphatic heterocycles. The summed E-state index contributed by atoms with van der Waals surface area (Å²) in [5, 5.41) is 0.712. The van der Waals surface area contributed by atoms with Crippen LogP contribution in [0.5, 0.6) is 0 Å². The number of alkyl halides is 1. The number of aromatic nitrogens is 2. The first-order valence-corrected chi connectivity index (χ1v) is 7.33. The van der Waals surface area contributed by atoms with Crippen molar-refractivity contribution in [1.82, 2.24) is 9.55 Å². The normalized spacial score (nSPS) is 23.9. The van der Waals surface area contributed by atoms with Gasteiger partial charge >= 0.3 is 0 Å². The number of rotatable bonds is 2. The minimum Gasteiger partial charge on any atom is -0.324 e. The van der Waals surface area contributed by atoms with E-state index in [1.807, 2.05) is 12.1 Å². The van der Waals surface area contributed by atoms with E-state index < -0.39 is 0 Å². The summed E-state index contributed by atoms with van der Waals surface area (Å²) >= 11 is 12.3. The maximum absolute atomic E-state index is 6.22. The van der Waals surface area contributed by atoms with Crippen LogP contribution >= 0.6 is 23.2 Å². The van der Waals surface area contributed by atoms with Crippen LogP contribution in [0.1, 0.15) is 38.1 Å². The molecular formula is C14H16Cl2N2. The Labute approximate surface area is 117 Å². The van der Waals surface area contributed by atoms with Crippen LogP contribution in [-0.4, -0.2) is 9.55 Å². The fourth-order valence-electron chi connectivity index (χ4n) is 3.04. The molecule has 0 radical (unpaired) electrons. The van der Waals surface area contributed by atoms with Crippen LogP contribution in [0.2, 0.25) is 5.02 Å². The topological polar surface area (TPSA) is 17.8 Å². The molecule has 2 unspecified atom stereocenters. The fraction of sp³-hybridized carbons (Fsp3) is 0.500. The Balaban J connectivity index is 2.17. The number of hydrogen-bond donors (Lipinski definition) is 0. The number of para-hydroxylation sites is 1. The Hall–Kier alpha value is -0.730. The predicted molar refractivity (Wildman–Crippen MR) is 76.4 cm³/mol. The third kappa shape index (κ3) is 1.92. The molecular weight excluding hydrogens is 267 g/mol. The second-order valence-electron chi connectivity index (χ2n) is 5.21. The molecule has 0 spiro atoms. The molecule has 1 saturated carbocycles. The van der Waals surface area contributed by atoms with Gasteiger partial charge in [0.25, 0.3) is 0 Å². The molecule has 1 fully saturated rings. The van der Waals surface area contributed by atoms with Gasteiger partial charge in [0.05, 0.1) is 16.4 Å². The molecule has 1 aliphatic carbocycles. The Morgan fingerprint density at radius 3 is 2.89 bits per heavy atom. The predicted octanol–water partition coefficient (Wildman–Crippen LogP) is 4.79. The molecule has 96 valence electrons. The average Bonchev–Trinajstić information content (AvgIpc) is 2.93. The van der Waals surface area contributed by atoms with Crippen LogP contribution in [0.4, 0.5) is 0 Å². The van der Waals surface area contributed by atoms with Crippen molar-refractivity contribution in [3.05, 3.63) is 29.0 Å². The molecule has 0 amide bonds. The molecule has 3 rings (SSSR count). The quantitative estimate of drug-likeness (QED) is 0.724. The molecule has 1 heterocycles. The van der Waals surface area contributed by atoms with E-state index in [2.05, 4.69) is 22.5 Å². The summed E-state index contributed by atoms with van der Waals surface area (Å²) in [7, 11) is 0. The first-order valence-electron chi connectivity index (χ1n) is 6.42. The number of benzene rings is 1. The highest BCUT2D eigenvalue weighted by Crippen LogP contribution is 2.38. The zero-order valence-corrected chi connectivity index (χ0v) is 11.9. The van der Waals surface area contributed by atoms with Gasteiger partial charge in [-0.3, -0.25) is 0 Å².